The Morgan fingerprint density at radius 3 is 2.70 bits per heavy atom. The maximum Gasteiger partial charge on any atom is 0.190 e. The van der Waals surface area contributed by atoms with Crippen LogP contribution < -0.4 is 0 Å². The molecule has 3 rings (SSSR count). The molecule has 5 atom stereocenters. The summed E-state index contributed by atoms with van der Waals surface area (Å²) in [5, 5.41) is 0. The number of hydrogen-bond acceptors (Lipinski definition) is 3. The van der Waals surface area contributed by atoms with Gasteiger partial charge < -0.3 is 9.53 Å². The Labute approximate surface area is 139 Å². The average Bonchev–Trinajstić information content (AvgIpc) is 3.18. The lowest BCUT2D eigenvalue weighted by atomic mass is 9.59. The Morgan fingerprint density at radius 1 is 1.26 bits per heavy atom. The van der Waals surface area contributed by atoms with Crippen LogP contribution >= 0.6 is 0 Å². The van der Waals surface area contributed by atoms with Crippen molar-refractivity contribution in [3.8, 4) is 0 Å². The van der Waals surface area contributed by atoms with Gasteiger partial charge >= 0.3 is 0 Å². The third-order valence-electron chi connectivity index (χ3n) is 6.60. The van der Waals surface area contributed by atoms with Crippen molar-refractivity contribution in [2.75, 3.05) is 0 Å². The molecule has 1 aliphatic heterocycles. The van der Waals surface area contributed by atoms with Crippen LogP contribution in [0.5, 0.6) is 0 Å². The van der Waals surface area contributed by atoms with E-state index in [1.807, 2.05) is 13.0 Å². The van der Waals surface area contributed by atoms with E-state index < -0.39 is 0 Å². The first-order chi connectivity index (χ1) is 10.8. The van der Waals surface area contributed by atoms with Gasteiger partial charge in [-0.1, -0.05) is 31.6 Å². The maximum absolute atomic E-state index is 12.9. The molecule has 0 amide bonds. The van der Waals surface area contributed by atoms with Crippen molar-refractivity contribution in [3.63, 3.8) is 0 Å². The zero-order valence-electron chi connectivity index (χ0n) is 14.7. The first-order valence-corrected chi connectivity index (χ1v) is 8.85. The van der Waals surface area contributed by atoms with E-state index in [-0.39, 0.29) is 28.8 Å². The van der Waals surface area contributed by atoms with Crippen LogP contribution in [0.3, 0.4) is 0 Å². The van der Waals surface area contributed by atoms with Crippen molar-refractivity contribution in [1.29, 1.82) is 0 Å². The predicted octanol–water partition coefficient (Wildman–Crippen LogP) is 4.02. The third-order valence-corrected chi connectivity index (χ3v) is 6.60. The number of epoxide rings is 1. The summed E-state index contributed by atoms with van der Waals surface area (Å²) in [6, 6.07) is 0. The highest BCUT2D eigenvalue weighted by Crippen LogP contribution is 2.51. The number of Topliss-reactive ketones (excluding diaryl/α,β-unsaturated/α-hetero) is 1. The van der Waals surface area contributed by atoms with Gasteiger partial charge in [-0.2, -0.15) is 0 Å². The molecular weight excluding hydrogens is 288 g/mol. The van der Waals surface area contributed by atoms with Gasteiger partial charge in [-0.15, -0.1) is 0 Å². The number of carbonyl (C=O) groups excluding carboxylic acids is 2. The molecule has 0 N–H and O–H groups in total. The molecule has 0 aromatic rings. The first-order valence-electron chi connectivity index (χ1n) is 8.85. The number of rotatable bonds is 1. The van der Waals surface area contributed by atoms with Crippen molar-refractivity contribution in [3.05, 3.63) is 23.3 Å². The zero-order valence-corrected chi connectivity index (χ0v) is 14.7. The minimum absolute atomic E-state index is 0.0454. The molecule has 23 heavy (non-hydrogen) atoms. The first kappa shape index (κ1) is 16.6. The average molecular weight is 316 g/mol. The van der Waals surface area contributed by atoms with Gasteiger partial charge in [0, 0.05) is 11.5 Å². The van der Waals surface area contributed by atoms with Crippen LogP contribution in [0.1, 0.15) is 59.8 Å². The standard InChI is InChI=1S/C20H28O3/c1-13-6-5-10-20(4)18(23-20)17(22)15-8-7-14(2)19(3,11-9-13)16(15)12-21/h6,8,12,14,16,18H,5,7,9-11H2,1-4H3. The Balaban J connectivity index is 2.01. The second-order valence-electron chi connectivity index (χ2n) is 8.18. The summed E-state index contributed by atoms with van der Waals surface area (Å²) < 4.78 is 5.77. The summed E-state index contributed by atoms with van der Waals surface area (Å²) in [6.07, 6.45) is 9.56. The molecule has 3 nitrogen and oxygen atoms in total. The second-order valence-corrected chi connectivity index (χ2v) is 8.18. The summed E-state index contributed by atoms with van der Waals surface area (Å²) in [5.41, 5.74) is 1.59. The van der Waals surface area contributed by atoms with Gasteiger partial charge in [0.25, 0.3) is 0 Å². The number of carbonyl (C=O) groups is 2. The number of fused-ring (bicyclic) bond motifs is 3. The van der Waals surface area contributed by atoms with Gasteiger partial charge in [0.15, 0.2) is 5.78 Å². The molecule has 5 unspecified atom stereocenters. The lowest BCUT2D eigenvalue weighted by molar-refractivity contribution is -0.122. The Bertz CT molecular complexity index is 588. The molecule has 1 saturated heterocycles. The fraction of sp³-hybridized carbons (Fsp3) is 0.700. The SMILES string of the molecule is CC1=CCCC2(C)OC2C(=O)C2=CCC(C)C(C)(CC1)C2C=O. The molecule has 1 heterocycles. The smallest absolute Gasteiger partial charge is 0.190 e. The van der Waals surface area contributed by atoms with Crippen molar-refractivity contribution < 1.29 is 14.3 Å². The van der Waals surface area contributed by atoms with E-state index in [0.717, 1.165) is 38.4 Å². The summed E-state index contributed by atoms with van der Waals surface area (Å²) in [7, 11) is 0. The van der Waals surface area contributed by atoms with Gasteiger partial charge in [-0.3, -0.25) is 4.79 Å². The van der Waals surface area contributed by atoms with Crippen LogP contribution in [0, 0.1) is 17.3 Å². The van der Waals surface area contributed by atoms with E-state index >= 15 is 0 Å². The van der Waals surface area contributed by atoms with E-state index in [1.165, 1.54) is 5.57 Å². The normalized spacial score (nSPS) is 44.2. The second kappa shape index (κ2) is 5.70. The van der Waals surface area contributed by atoms with E-state index in [1.54, 1.807) is 0 Å². The Hall–Kier alpha value is -1.22. The quantitative estimate of drug-likeness (QED) is 0.417. The molecule has 3 heteroatoms. The Morgan fingerprint density at radius 2 is 2.00 bits per heavy atom. The van der Waals surface area contributed by atoms with Crippen LogP contribution in [0.15, 0.2) is 23.3 Å². The van der Waals surface area contributed by atoms with Crippen molar-refractivity contribution >= 4 is 12.1 Å². The van der Waals surface area contributed by atoms with E-state index in [2.05, 4.69) is 26.8 Å². The van der Waals surface area contributed by atoms with Crippen molar-refractivity contribution in [1.82, 2.24) is 0 Å². The van der Waals surface area contributed by atoms with Crippen LogP contribution in [0.25, 0.3) is 0 Å². The third kappa shape index (κ3) is 2.73. The number of ether oxygens (including phenoxy) is 1. The number of hydrogen-bond donors (Lipinski definition) is 0. The summed E-state index contributed by atoms with van der Waals surface area (Å²) in [6.45, 7) is 8.58. The highest BCUT2D eigenvalue weighted by atomic mass is 16.6. The lowest BCUT2D eigenvalue weighted by Gasteiger charge is -2.44. The molecule has 0 spiro atoms. The number of allylic oxidation sites excluding steroid dienone is 3. The molecule has 0 saturated carbocycles. The molecule has 0 aromatic carbocycles. The van der Waals surface area contributed by atoms with Gasteiger partial charge in [-0.05, 0) is 57.3 Å². The van der Waals surface area contributed by atoms with Gasteiger partial charge in [0.1, 0.15) is 18.0 Å². The summed E-state index contributed by atoms with van der Waals surface area (Å²) >= 11 is 0. The van der Waals surface area contributed by atoms with Crippen molar-refractivity contribution in [2.24, 2.45) is 17.3 Å². The molecule has 126 valence electrons. The minimum Gasteiger partial charge on any atom is -0.358 e. The molecule has 0 aromatic heterocycles. The van der Waals surface area contributed by atoms with Crippen LogP contribution in [0.2, 0.25) is 0 Å². The maximum atomic E-state index is 12.9. The monoisotopic (exact) mass is 316 g/mol. The van der Waals surface area contributed by atoms with Crippen LogP contribution in [0.4, 0.5) is 0 Å². The fourth-order valence-corrected chi connectivity index (χ4v) is 4.33. The molecular formula is C20H28O3. The number of ketones is 1. The minimum atomic E-state index is -0.359. The lowest BCUT2D eigenvalue weighted by Crippen LogP contribution is -2.42. The van der Waals surface area contributed by atoms with E-state index in [9.17, 15) is 9.59 Å². The van der Waals surface area contributed by atoms with E-state index in [0.29, 0.717) is 11.5 Å². The topological polar surface area (TPSA) is 46.7 Å². The molecule has 0 radical (unpaired) electrons. The summed E-state index contributed by atoms with van der Waals surface area (Å²) in [5.74, 6) is 0.139. The largest absolute Gasteiger partial charge is 0.358 e. The Kier molecular flexibility index (Phi) is 4.12. The molecule has 2 aliphatic carbocycles. The van der Waals surface area contributed by atoms with Crippen molar-refractivity contribution in [2.45, 2.75) is 71.5 Å². The van der Waals surface area contributed by atoms with Gasteiger partial charge in [0.2, 0.25) is 0 Å². The molecule has 1 fully saturated rings. The highest BCUT2D eigenvalue weighted by Gasteiger charge is 2.58. The molecule has 2 bridgehead atoms. The van der Waals surface area contributed by atoms with E-state index in [4.69, 9.17) is 4.74 Å². The molecule has 3 aliphatic rings. The summed E-state index contributed by atoms with van der Waals surface area (Å²) in [4.78, 5) is 24.9. The van der Waals surface area contributed by atoms with Gasteiger partial charge in [-0.25, -0.2) is 0 Å². The number of aldehydes is 1. The van der Waals surface area contributed by atoms with Crippen LogP contribution in [-0.2, 0) is 14.3 Å². The van der Waals surface area contributed by atoms with Gasteiger partial charge in [0.05, 0.1) is 0 Å². The zero-order chi connectivity index (χ0) is 16.8. The van der Waals surface area contributed by atoms with Crippen LogP contribution in [-0.4, -0.2) is 23.8 Å². The highest BCUT2D eigenvalue weighted by molar-refractivity contribution is 6.04. The predicted molar refractivity (Wildman–Crippen MR) is 90.0 cm³/mol. The fourth-order valence-electron chi connectivity index (χ4n) is 4.33.